The Hall–Kier alpha value is -1.09. The number of hydrogen-bond acceptors (Lipinski definition) is 4. The van der Waals surface area contributed by atoms with E-state index in [9.17, 15) is 0 Å². The molecule has 1 aliphatic rings. The maximum atomic E-state index is 8.87. The fourth-order valence-electron chi connectivity index (χ4n) is 2.43. The van der Waals surface area contributed by atoms with Gasteiger partial charge in [-0.15, -0.1) is 0 Å². The van der Waals surface area contributed by atoms with Crippen LogP contribution in [0.1, 0.15) is 18.4 Å². The molecule has 2 rings (SSSR count). The molecule has 2 N–H and O–H groups in total. The molecule has 1 aromatic carbocycles. The van der Waals surface area contributed by atoms with Gasteiger partial charge in [-0.3, -0.25) is 0 Å². The second-order valence-corrected chi connectivity index (χ2v) is 5.57. The van der Waals surface area contributed by atoms with Crippen LogP contribution in [0.4, 0.5) is 5.69 Å². The number of halogens is 1. The summed E-state index contributed by atoms with van der Waals surface area (Å²) >= 11 is 3.54. The Bertz CT molecular complexity index is 464. The number of piperidine rings is 1. The van der Waals surface area contributed by atoms with Crippen molar-refractivity contribution in [2.75, 3.05) is 31.1 Å². The summed E-state index contributed by atoms with van der Waals surface area (Å²) in [5.41, 5.74) is 1.83. The third-order valence-electron chi connectivity index (χ3n) is 3.46. The zero-order valence-corrected chi connectivity index (χ0v) is 12.4. The van der Waals surface area contributed by atoms with Crippen LogP contribution in [0.2, 0.25) is 0 Å². The van der Waals surface area contributed by atoms with Crippen LogP contribution in [0, 0.1) is 11.3 Å². The minimum absolute atomic E-state index is 0.196. The number of nitrogens with one attached hydrogen (secondary N) is 1. The van der Waals surface area contributed by atoms with E-state index in [4.69, 9.17) is 10.4 Å². The monoisotopic (exact) mass is 323 g/mol. The molecule has 19 heavy (non-hydrogen) atoms. The Morgan fingerprint density at radius 3 is 2.74 bits per heavy atom. The van der Waals surface area contributed by atoms with Crippen molar-refractivity contribution in [2.45, 2.75) is 18.9 Å². The fraction of sp³-hybridized carbons (Fsp3) is 0.500. The highest BCUT2D eigenvalue weighted by molar-refractivity contribution is 9.10. The maximum absolute atomic E-state index is 8.87. The molecule has 0 saturated carbocycles. The van der Waals surface area contributed by atoms with Gasteiger partial charge in [-0.1, -0.05) is 0 Å². The van der Waals surface area contributed by atoms with Crippen molar-refractivity contribution < 1.29 is 5.11 Å². The van der Waals surface area contributed by atoms with E-state index in [0.717, 1.165) is 36.1 Å². The summed E-state index contributed by atoms with van der Waals surface area (Å²) in [5.74, 6) is 0. The second kappa shape index (κ2) is 6.90. The molecule has 0 bridgehead atoms. The van der Waals surface area contributed by atoms with Crippen molar-refractivity contribution >= 4 is 21.6 Å². The minimum atomic E-state index is 0.196. The average molecular weight is 324 g/mol. The molecule has 0 radical (unpaired) electrons. The Morgan fingerprint density at radius 2 is 2.16 bits per heavy atom. The van der Waals surface area contributed by atoms with Crippen LogP contribution in [0.5, 0.6) is 0 Å². The second-order valence-electron chi connectivity index (χ2n) is 4.72. The summed E-state index contributed by atoms with van der Waals surface area (Å²) in [7, 11) is 0. The van der Waals surface area contributed by atoms with Crippen LogP contribution in [-0.4, -0.2) is 37.4 Å². The van der Waals surface area contributed by atoms with Crippen molar-refractivity contribution in [1.29, 1.82) is 5.26 Å². The standard InChI is InChI=1S/C14H18BrN3O/c15-13-9-11(10-16)1-2-14(13)18-6-3-12(4-7-18)17-5-8-19/h1-2,9,12,17,19H,3-8H2. The molecule has 4 nitrogen and oxygen atoms in total. The van der Waals surface area contributed by atoms with Gasteiger partial charge in [-0.25, -0.2) is 0 Å². The fourth-order valence-corrected chi connectivity index (χ4v) is 3.06. The van der Waals surface area contributed by atoms with Gasteiger partial charge >= 0.3 is 0 Å². The van der Waals surface area contributed by atoms with Crippen LogP contribution in [0.25, 0.3) is 0 Å². The third-order valence-corrected chi connectivity index (χ3v) is 4.09. The third kappa shape index (κ3) is 3.69. The molecular weight excluding hydrogens is 306 g/mol. The number of nitriles is 1. The van der Waals surface area contributed by atoms with Gasteiger partial charge in [-0.2, -0.15) is 5.26 Å². The van der Waals surface area contributed by atoms with Gasteiger partial charge in [0.15, 0.2) is 0 Å². The predicted octanol–water partition coefficient (Wildman–Crippen LogP) is 1.87. The van der Waals surface area contributed by atoms with E-state index >= 15 is 0 Å². The predicted molar refractivity (Wildman–Crippen MR) is 79.2 cm³/mol. The van der Waals surface area contributed by atoms with Crippen molar-refractivity contribution in [3.63, 3.8) is 0 Å². The molecule has 1 aliphatic heterocycles. The first-order valence-electron chi connectivity index (χ1n) is 6.53. The van der Waals surface area contributed by atoms with Gasteiger partial charge < -0.3 is 15.3 Å². The highest BCUT2D eigenvalue weighted by atomic mass is 79.9. The minimum Gasteiger partial charge on any atom is -0.395 e. The van der Waals surface area contributed by atoms with E-state index in [1.165, 1.54) is 0 Å². The lowest BCUT2D eigenvalue weighted by molar-refractivity contribution is 0.277. The van der Waals surface area contributed by atoms with Crippen molar-refractivity contribution in [1.82, 2.24) is 5.32 Å². The van der Waals surface area contributed by atoms with Crippen LogP contribution in [0.3, 0.4) is 0 Å². The molecule has 1 aromatic rings. The first-order valence-corrected chi connectivity index (χ1v) is 7.32. The van der Waals surface area contributed by atoms with Gasteiger partial charge in [0, 0.05) is 30.1 Å². The summed E-state index contributed by atoms with van der Waals surface area (Å²) in [5, 5.41) is 21.0. The zero-order valence-electron chi connectivity index (χ0n) is 10.8. The van der Waals surface area contributed by atoms with E-state index < -0.39 is 0 Å². The summed E-state index contributed by atoms with van der Waals surface area (Å²) in [4.78, 5) is 2.34. The van der Waals surface area contributed by atoms with E-state index in [2.05, 4.69) is 32.2 Å². The molecule has 1 saturated heterocycles. The zero-order chi connectivity index (χ0) is 13.7. The molecular formula is C14H18BrN3O. The SMILES string of the molecule is N#Cc1ccc(N2CCC(NCCO)CC2)c(Br)c1. The molecule has 0 aliphatic carbocycles. The van der Waals surface area contributed by atoms with Crippen LogP contribution in [-0.2, 0) is 0 Å². The molecule has 1 fully saturated rings. The lowest BCUT2D eigenvalue weighted by Gasteiger charge is -2.34. The van der Waals surface area contributed by atoms with Gasteiger partial charge in [0.2, 0.25) is 0 Å². The van der Waals surface area contributed by atoms with E-state index in [-0.39, 0.29) is 6.61 Å². The Balaban J connectivity index is 1.96. The number of anilines is 1. The van der Waals surface area contributed by atoms with Gasteiger partial charge in [0.25, 0.3) is 0 Å². The normalized spacial score (nSPS) is 16.4. The molecule has 0 atom stereocenters. The average Bonchev–Trinajstić information content (AvgIpc) is 2.45. The number of hydrogen-bond donors (Lipinski definition) is 2. The lowest BCUT2D eigenvalue weighted by Crippen LogP contribution is -2.43. The van der Waals surface area contributed by atoms with E-state index in [0.29, 0.717) is 18.2 Å². The van der Waals surface area contributed by atoms with E-state index in [1.54, 1.807) is 0 Å². The first-order chi connectivity index (χ1) is 9.24. The van der Waals surface area contributed by atoms with E-state index in [1.807, 2.05) is 18.2 Å². The van der Waals surface area contributed by atoms with Crippen LogP contribution < -0.4 is 10.2 Å². The molecule has 0 unspecified atom stereocenters. The highest BCUT2D eigenvalue weighted by Gasteiger charge is 2.20. The topological polar surface area (TPSA) is 59.3 Å². The molecule has 0 spiro atoms. The number of nitrogens with zero attached hydrogens (tertiary/aromatic N) is 2. The Kier molecular flexibility index (Phi) is 5.20. The summed E-state index contributed by atoms with van der Waals surface area (Å²) in [6.07, 6.45) is 2.15. The number of benzene rings is 1. The Labute approximate surface area is 122 Å². The summed E-state index contributed by atoms with van der Waals surface area (Å²) < 4.78 is 0.980. The highest BCUT2D eigenvalue weighted by Crippen LogP contribution is 2.29. The van der Waals surface area contributed by atoms with Crippen molar-refractivity contribution in [2.24, 2.45) is 0 Å². The number of rotatable bonds is 4. The number of aliphatic hydroxyl groups excluding tert-OH is 1. The van der Waals surface area contributed by atoms with Crippen LogP contribution >= 0.6 is 15.9 Å². The largest absolute Gasteiger partial charge is 0.395 e. The number of aliphatic hydroxyl groups is 1. The maximum Gasteiger partial charge on any atom is 0.0992 e. The van der Waals surface area contributed by atoms with Crippen molar-refractivity contribution in [3.05, 3.63) is 28.2 Å². The first kappa shape index (κ1) is 14.3. The molecule has 1 heterocycles. The molecule has 0 aromatic heterocycles. The van der Waals surface area contributed by atoms with Gasteiger partial charge in [0.1, 0.15) is 0 Å². The van der Waals surface area contributed by atoms with Gasteiger partial charge in [-0.05, 0) is 47.0 Å². The van der Waals surface area contributed by atoms with Gasteiger partial charge in [0.05, 0.1) is 23.9 Å². The molecule has 0 amide bonds. The quantitative estimate of drug-likeness (QED) is 0.888. The van der Waals surface area contributed by atoms with Crippen LogP contribution in [0.15, 0.2) is 22.7 Å². The molecule has 102 valence electrons. The summed E-state index contributed by atoms with van der Waals surface area (Å²) in [6.45, 7) is 2.85. The summed E-state index contributed by atoms with van der Waals surface area (Å²) in [6, 6.07) is 8.37. The molecule has 5 heteroatoms. The Morgan fingerprint density at radius 1 is 1.42 bits per heavy atom. The van der Waals surface area contributed by atoms with Crippen molar-refractivity contribution in [3.8, 4) is 6.07 Å². The smallest absolute Gasteiger partial charge is 0.0992 e. The lowest BCUT2D eigenvalue weighted by atomic mass is 10.0.